The van der Waals surface area contributed by atoms with Gasteiger partial charge in [-0.2, -0.15) is 0 Å². The molecule has 88 valence electrons. The number of fused-ring (bicyclic) bond motifs is 2. The maximum Gasteiger partial charge on any atom is 0.0931 e. The number of piperidine rings is 1. The zero-order valence-electron chi connectivity index (χ0n) is 9.16. The maximum atomic E-state index is 10.8. The van der Waals surface area contributed by atoms with Crippen LogP contribution >= 0.6 is 22.9 Å². The summed E-state index contributed by atoms with van der Waals surface area (Å²) in [4.78, 5) is 3.67. The second-order valence-electron chi connectivity index (χ2n) is 5.02. The van der Waals surface area contributed by atoms with Crippen LogP contribution < -0.4 is 0 Å². The fourth-order valence-corrected chi connectivity index (χ4v) is 4.22. The van der Waals surface area contributed by atoms with Crippen molar-refractivity contribution in [3.8, 4) is 0 Å². The molecule has 1 N–H and O–H groups in total. The van der Waals surface area contributed by atoms with Gasteiger partial charge in [0.05, 0.1) is 9.94 Å². The van der Waals surface area contributed by atoms with Gasteiger partial charge < -0.3 is 10.0 Å². The summed E-state index contributed by atoms with van der Waals surface area (Å²) in [5, 5.41) is 10.8. The fraction of sp³-hybridized carbons (Fsp3) is 0.667. The molecule has 0 spiro atoms. The van der Waals surface area contributed by atoms with E-state index >= 15 is 0 Å². The first-order chi connectivity index (χ1) is 7.66. The van der Waals surface area contributed by atoms with Gasteiger partial charge in [-0.15, -0.1) is 11.3 Å². The van der Waals surface area contributed by atoms with Gasteiger partial charge in [0.25, 0.3) is 0 Å². The molecule has 3 atom stereocenters. The normalized spacial score (nSPS) is 37.9. The van der Waals surface area contributed by atoms with Gasteiger partial charge in [0.1, 0.15) is 0 Å². The van der Waals surface area contributed by atoms with Crippen LogP contribution in [-0.2, 0) is 6.42 Å². The highest BCUT2D eigenvalue weighted by Crippen LogP contribution is 2.39. The summed E-state index contributed by atoms with van der Waals surface area (Å²) in [6.45, 7) is 3.29. The molecule has 3 heterocycles. The largest absolute Gasteiger partial charge is 0.389 e. The highest BCUT2D eigenvalue weighted by molar-refractivity contribution is 7.16. The first kappa shape index (κ1) is 11.0. The van der Waals surface area contributed by atoms with Crippen molar-refractivity contribution in [2.75, 3.05) is 19.6 Å². The quantitative estimate of drug-likeness (QED) is 0.880. The fourth-order valence-electron chi connectivity index (χ4n) is 3.01. The zero-order chi connectivity index (χ0) is 11.2. The molecular weight excluding hydrogens is 242 g/mol. The number of hydrogen-bond acceptors (Lipinski definition) is 3. The lowest BCUT2D eigenvalue weighted by atomic mass is 9.79. The molecule has 1 aromatic rings. The van der Waals surface area contributed by atoms with Crippen LogP contribution in [0, 0.1) is 5.92 Å². The van der Waals surface area contributed by atoms with Gasteiger partial charge in [0.15, 0.2) is 0 Å². The van der Waals surface area contributed by atoms with E-state index in [1.54, 1.807) is 11.3 Å². The van der Waals surface area contributed by atoms with Gasteiger partial charge >= 0.3 is 0 Å². The smallest absolute Gasteiger partial charge is 0.0931 e. The Morgan fingerprint density at radius 1 is 1.50 bits per heavy atom. The van der Waals surface area contributed by atoms with Crippen LogP contribution in [0.2, 0.25) is 4.34 Å². The molecule has 4 heteroatoms. The topological polar surface area (TPSA) is 23.5 Å². The number of aliphatic hydroxyl groups is 1. The molecule has 16 heavy (non-hydrogen) atoms. The number of rotatable bonds is 2. The Morgan fingerprint density at radius 2 is 2.38 bits per heavy atom. The van der Waals surface area contributed by atoms with E-state index in [4.69, 9.17) is 11.6 Å². The van der Waals surface area contributed by atoms with E-state index in [1.807, 2.05) is 12.1 Å². The standard InChI is InChI=1S/C12H16ClNOS/c13-11-2-1-10(16-11)7-12(15)4-6-14-5-3-9(12)8-14/h1-2,9,15H,3-8H2. The van der Waals surface area contributed by atoms with Crippen molar-refractivity contribution < 1.29 is 5.11 Å². The van der Waals surface area contributed by atoms with Crippen LogP contribution in [0.4, 0.5) is 0 Å². The van der Waals surface area contributed by atoms with Crippen LogP contribution in [0.1, 0.15) is 17.7 Å². The Bertz CT molecular complexity index is 394. The summed E-state index contributed by atoms with van der Waals surface area (Å²) >= 11 is 7.53. The van der Waals surface area contributed by atoms with Crippen molar-refractivity contribution in [2.45, 2.75) is 24.9 Å². The third-order valence-electron chi connectivity index (χ3n) is 4.00. The number of nitrogens with zero attached hydrogens (tertiary/aromatic N) is 1. The average molecular weight is 258 g/mol. The highest BCUT2D eigenvalue weighted by Gasteiger charge is 2.44. The van der Waals surface area contributed by atoms with Crippen molar-refractivity contribution in [2.24, 2.45) is 5.92 Å². The predicted octanol–water partition coefficient (Wildman–Crippen LogP) is 2.40. The molecule has 3 rings (SSSR count). The summed E-state index contributed by atoms with van der Waals surface area (Å²) in [6, 6.07) is 3.97. The number of thiophene rings is 1. The Hall–Kier alpha value is -0.0900. The van der Waals surface area contributed by atoms with E-state index in [2.05, 4.69) is 4.90 Å². The molecule has 2 aliphatic rings. The van der Waals surface area contributed by atoms with Crippen LogP contribution in [0.15, 0.2) is 12.1 Å². The second-order valence-corrected chi connectivity index (χ2v) is 6.82. The lowest BCUT2D eigenvalue weighted by Crippen LogP contribution is -2.47. The first-order valence-corrected chi connectivity index (χ1v) is 7.04. The van der Waals surface area contributed by atoms with Crippen LogP contribution in [0.25, 0.3) is 0 Å². The molecule has 2 nitrogen and oxygen atoms in total. The van der Waals surface area contributed by atoms with E-state index < -0.39 is 5.60 Å². The zero-order valence-corrected chi connectivity index (χ0v) is 10.7. The van der Waals surface area contributed by atoms with Crippen molar-refractivity contribution in [1.29, 1.82) is 0 Å². The molecule has 0 aliphatic carbocycles. The third-order valence-corrected chi connectivity index (χ3v) is 5.23. The predicted molar refractivity (Wildman–Crippen MR) is 67.1 cm³/mol. The maximum absolute atomic E-state index is 10.8. The van der Waals surface area contributed by atoms with Crippen LogP contribution in [-0.4, -0.2) is 35.2 Å². The molecule has 1 aromatic heterocycles. The van der Waals surface area contributed by atoms with Crippen LogP contribution in [0.3, 0.4) is 0 Å². The van der Waals surface area contributed by atoms with Gasteiger partial charge in [0.2, 0.25) is 0 Å². The molecule has 3 unspecified atom stereocenters. The minimum absolute atomic E-state index is 0.460. The van der Waals surface area contributed by atoms with Gasteiger partial charge in [-0.1, -0.05) is 11.6 Å². The van der Waals surface area contributed by atoms with E-state index in [0.29, 0.717) is 5.92 Å². The molecule has 2 bridgehead atoms. The number of halogens is 1. The van der Waals surface area contributed by atoms with E-state index in [0.717, 1.165) is 43.2 Å². The third kappa shape index (κ3) is 1.90. The molecule has 0 radical (unpaired) electrons. The summed E-state index contributed by atoms with van der Waals surface area (Å²) < 4.78 is 0.822. The van der Waals surface area contributed by atoms with Gasteiger partial charge in [0, 0.05) is 30.3 Å². The van der Waals surface area contributed by atoms with Gasteiger partial charge in [-0.25, -0.2) is 0 Å². The summed E-state index contributed by atoms with van der Waals surface area (Å²) in [6.07, 6.45) is 2.84. The summed E-state index contributed by atoms with van der Waals surface area (Å²) in [7, 11) is 0. The van der Waals surface area contributed by atoms with E-state index in [1.165, 1.54) is 4.88 Å². The summed E-state index contributed by atoms with van der Waals surface area (Å²) in [5.41, 5.74) is -0.485. The lowest BCUT2D eigenvalue weighted by molar-refractivity contribution is -0.0433. The average Bonchev–Trinajstić information content (AvgIpc) is 2.82. The van der Waals surface area contributed by atoms with Crippen molar-refractivity contribution in [1.82, 2.24) is 4.90 Å². The molecule has 0 saturated carbocycles. The van der Waals surface area contributed by atoms with Crippen molar-refractivity contribution in [3.63, 3.8) is 0 Å². The van der Waals surface area contributed by atoms with Crippen LogP contribution in [0.5, 0.6) is 0 Å². The minimum atomic E-state index is -0.485. The highest BCUT2D eigenvalue weighted by atomic mass is 35.5. The minimum Gasteiger partial charge on any atom is -0.389 e. The Kier molecular flexibility index (Phi) is 2.75. The molecule has 2 saturated heterocycles. The molecule has 2 fully saturated rings. The monoisotopic (exact) mass is 257 g/mol. The summed E-state index contributed by atoms with van der Waals surface area (Å²) in [5.74, 6) is 0.460. The molecule has 0 amide bonds. The van der Waals surface area contributed by atoms with Gasteiger partial charge in [-0.3, -0.25) is 0 Å². The van der Waals surface area contributed by atoms with Crippen molar-refractivity contribution >= 4 is 22.9 Å². The molecule has 0 aromatic carbocycles. The van der Waals surface area contributed by atoms with E-state index in [9.17, 15) is 5.11 Å². The van der Waals surface area contributed by atoms with E-state index in [-0.39, 0.29) is 0 Å². The first-order valence-electron chi connectivity index (χ1n) is 5.85. The molecule has 2 aliphatic heterocycles. The lowest BCUT2D eigenvalue weighted by Gasteiger charge is -2.38. The number of hydrogen-bond donors (Lipinski definition) is 1. The molecular formula is C12H16ClNOS. The second kappa shape index (κ2) is 3.98. The Balaban J connectivity index is 1.77. The Morgan fingerprint density at radius 3 is 3.12 bits per heavy atom. The Labute approximate surface area is 105 Å². The SMILES string of the molecule is OC1(Cc2ccc(Cl)s2)CCN2CCC1C2. The van der Waals surface area contributed by atoms with Gasteiger partial charge in [-0.05, 0) is 31.5 Å². The van der Waals surface area contributed by atoms with Crippen molar-refractivity contribution in [3.05, 3.63) is 21.3 Å².